The van der Waals surface area contributed by atoms with Crippen molar-refractivity contribution in [1.82, 2.24) is 9.80 Å². The molecule has 122 valence electrons. The lowest BCUT2D eigenvalue weighted by molar-refractivity contribution is -0.0839. The third-order valence-corrected chi connectivity index (χ3v) is 6.86. The summed E-state index contributed by atoms with van der Waals surface area (Å²) in [5.74, 6) is 1.62. The first-order chi connectivity index (χ1) is 10.1. The molecule has 3 rings (SSSR count). The zero-order valence-corrected chi connectivity index (χ0v) is 14.4. The van der Waals surface area contributed by atoms with Crippen LogP contribution in [0, 0.1) is 11.8 Å². The summed E-state index contributed by atoms with van der Waals surface area (Å²) < 4.78 is 0. The van der Waals surface area contributed by atoms with Gasteiger partial charge in [0.1, 0.15) is 0 Å². The molecule has 0 aromatic rings. The van der Waals surface area contributed by atoms with Gasteiger partial charge in [0.05, 0.1) is 0 Å². The Morgan fingerprint density at radius 3 is 2.62 bits per heavy atom. The van der Waals surface area contributed by atoms with Crippen LogP contribution < -0.4 is 5.73 Å². The molecule has 0 aromatic heterocycles. The van der Waals surface area contributed by atoms with Gasteiger partial charge in [0.2, 0.25) is 0 Å². The second kappa shape index (κ2) is 6.17. The SMILES string of the molecule is CC1CCC(CN)(N2CC3CCCCN3CC2C)C(C)C1. The van der Waals surface area contributed by atoms with Gasteiger partial charge in [-0.15, -0.1) is 0 Å². The van der Waals surface area contributed by atoms with Crippen LogP contribution in [0.4, 0.5) is 0 Å². The monoisotopic (exact) mass is 293 g/mol. The zero-order valence-electron chi connectivity index (χ0n) is 14.4. The maximum atomic E-state index is 6.38. The lowest BCUT2D eigenvalue weighted by Gasteiger charge is -2.58. The molecular weight excluding hydrogens is 258 g/mol. The van der Waals surface area contributed by atoms with Crippen molar-refractivity contribution in [1.29, 1.82) is 0 Å². The molecule has 0 amide bonds. The smallest absolute Gasteiger partial charge is 0.0361 e. The van der Waals surface area contributed by atoms with E-state index in [0.29, 0.717) is 6.04 Å². The van der Waals surface area contributed by atoms with Crippen LogP contribution in [0.2, 0.25) is 0 Å². The molecule has 0 radical (unpaired) electrons. The maximum Gasteiger partial charge on any atom is 0.0361 e. The quantitative estimate of drug-likeness (QED) is 0.849. The lowest BCUT2D eigenvalue weighted by atomic mass is 9.68. The molecule has 5 unspecified atom stereocenters. The van der Waals surface area contributed by atoms with Gasteiger partial charge in [-0.2, -0.15) is 0 Å². The summed E-state index contributed by atoms with van der Waals surface area (Å²) in [6.45, 7) is 12.0. The first-order valence-corrected chi connectivity index (χ1v) is 9.27. The average Bonchev–Trinajstić information content (AvgIpc) is 2.48. The Balaban J connectivity index is 1.79. The van der Waals surface area contributed by atoms with Crippen LogP contribution >= 0.6 is 0 Å². The Bertz CT molecular complexity index is 358. The van der Waals surface area contributed by atoms with Crippen LogP contribution in [0.15, 0.2) is 0 Å². The van der Waals surface area contributed by atoms with E-state index in [-0.39, 0.29) is 5.54 Å². The summed E-state index contributed by atoms with van der Waals surface area (Å²) >= 11 is 0. The molecule has 0 spiro atoms. The number of fused-ring (bicyclic) bond motifs is 1. The van der Waals surface area contributed by atoms with Crippen LogP contribution in [-0.2, 0) is 0 Å². The van der Waals surface area contributed by atoms with Crippen LogP contribution in [-0.4, -0.2) is 53.6 Å². The molecule has 21 heavy (non-hydrogen) atoms. The van der Waals surface area contributed by atoms with Crippen molar-refractivity contribution >= 4 is 0 Å². The number of hydrogen-bond donors (Lipinski definition) is 1. The zero-order chi connectivity index (χ0) is 15.0. The summed E-state index contributed by atoms with van der Waals surface area (Å²) in [6, 6.07) is 1.46. The first-order valence-electron chi connectivity index (χ1n) is 9.27. The van der Waals surface area contributed by atoms with Crippen molar-refractivity contribution in [2.45, 2.75) is 76.9 Å². The van der Waals surface area contributed by atoms with Crippen molar-refractivity contribution in [3.05, 3.63) is 0 Å². The summed E-state index contributed by atoms with van der Waals surface area (Å²) in [5.41, 5.74) is 6.65. The summed E-state index contributed by atoms with van der Waals surface area (Å²) in [5, 5.41) is 0. The molecule has 1 aliphatic carbocycles. The molecule has 5 atom stereocenters. The standard InChI is InChI=1S/C18H35N3/c1-14-7-8-18(13-19,15(2)10-14)21-12-17-6-4-5-9-20(17)11-16(21)3/h14-17H,4-13,19H2,1-3H3. The number of nitrogens with zero attached hydrogens (tertiary/aromatic N) is 2. The Morgan fingerprint density at radius 2 is 1.90 bits per heavy atom. The highest BCUT2D eigenvalue weighted by molar-refractivity contribution is 5.04. The second-order valence-corrected chi connectivity index (χ2v) is 8.23. The number of piperazine rings is 1. The van der Waals surface area contributed by atoms with Gasteiger partial charge in [-0.3, -0.25) is 9.80 Å². The van der Waals surface area contributed by atoms with Crippen LogP contribution in [0.25, 0.3) is 0 Å². The third kappa shape index (κ3) is 2.77. The molecule has 2 aliphatic heterocycles. The lowest BCUT2D eigenvalue weighted by Crippen LogP contribution is -2.69. The highest BCUT2D eigenvalue weighted by atomic mass is 15.3. The van der Waals surface area contributed by atoms with Gasteiger partial charge in [-0.1, -0.05) is 20.3 Å². The van der Waals surface area contributed by atoms with E-state index in [1.807, 2.05) is 0 Å². The first kappa shape index (κ1) is 15.8. The van der Waals surface area contributed by atoms with E-state index >= 15 is 0 Å². The largest absolute Gasteiger partial charge is 0.329 e. The van der Waals surface area contributed by atoms with E-state index in [1.54, 1.807) is 0 Å². The van der Waals surface area contributed by atoms with Crippen molar-refractivity contribution in [2.24, 2.45) is 17.6 Å². The molecule has 3 heteroatoms. The molecule has 3 fully saturated rings. The minimum absolute atomic E-state index is 0.273. The van der Waals surface area contributed by atoms with Crippen molar-refractivity contribution in [2.75, 3.05) is 26.2 Å². The van der Waals surface area contributed by atoms with Gasteiger partial charge < -0.3 is 5.73 Å². The number of rotatable bonds is 2. The molecule has 0 bridgehead atoms. The molecule has 2 heterocycles. The predicted molar refractivity (Wildman–Crippen MR) is 89.3 cm³/mol. The normalized spacial score (nSPS) is 46.3. The minimum Gasteiger partial charge on any atom is -0.329 e. The van der Waals surface area contributed by atoms with Crippen LogP contribution in [0.3, 0.4) is 0 Å². The van der Waals surface area contributed by atoms with Gasteiger partial charge in [-0.05, 0) is 57.4 Å². The van der Waals surface area contributed by atoms with Crippen LogP contribution in [0.1, 0.15) is 59.3 Å². The maximum absolute atomic E-state index is 6.38. The molecular formula is C18H35N3. The molecule has 0 aromatic carbocycles. The fourth-order valence-corrected chi connectivity index (χ4v) is 5.50. The number of nitrogens with two attached hydrogens (primary N) is 1. The summed E-state index contributed by atoms with van der Waals surface area (Å²) in [4.78, 5) is 5.60. The van der Waals surface area contributed by atoms with E-state index in [0.717, 1.165) is 24.4 Å². The van der Waals surface area contributed by atoms with Crippen molar-refractivity contribution in [3.63, 3.8) is 0 Å². The fourth-order valence-electron chi connectivity index (χ4n) is 5.50. The van der Waals surface area contributed by atoms with Gasteiger partial charge in [-0.25, -0.2) is 0 Å². The van der Waals surface area contributed by atoms with Gasteiger partial charge in [0.15, 0.2) is 0 Å². The molecule has 3 aliphatic rings. The third-order valence-electron chi connectivity index (χ3n) is 6.86. The van der Waals surface area contributed by atoms with E-state index in [4.69, 9.17) is 5.73 Å². The topological polar surface area (TPSA) is 32.5 Å². The Kier molecular flexibility index (Phi) is 4.63. The molecule has 2 N–H and O–H groups in total. The number of piperidine rings is 1. The van der Waals surface area contributed by atoms with Gasteiger partial charge in [0.25, 0.3) is 0 Å². The minimum atomic E-state index is 0.273. The highest BCUT2D eigenvalue weighted by Crippen LogP contribution is 2.43. The fraction of sp³-hybridized carbons (Fsp3) is 1.00. The number of hydrogen-bond acceptors (Lipinski definition) is 3. The van der Waals surface area contributed by atoms with E-state index < -0.39 is 0 Å². The molecule has 1 saturated carbocycles. The van der Waals surface area contributed by atoms with E-state index in [2.05, 4.69) is 30.6 Å². The second-order valence-electron chi connectivity index (χ2n) is 8.23. The average molecular weight is 293 g/mol. The summed E-state index contributed by atoms with van der Waals surface area (Å²) in [6.07, 6.45) is 8.25. The van der Waals surface area contributed by atoms with Crippen LogP contribution in [0.5, 0.6) is 0 Å². The van der Waals surface area contributed by atoms with Crippen molar-refractivity contribution < 1.29 is 0 Å². The van der Waals surface area contributed by atoms with E-state index in [9.17, 15) is 0 Å². The Hall–Kier alpha value is -0.120. The molecule has 3 nitrogen and oxygen atoms in total. The molecule has 2 saturated heterocycles. The highest BCUT2D eigenvalue weighted by Gasteiger charge is 2.48. The summed E-state index contributed by atoms with van der Waals surface area (Å²) in [7, 11) is 0. The van der Waals surface area contributed by atoms with E-state index in [1.165, 1.54) is 58.2 Å². The Morgan fingerprint density at radius 1 is 1.10 bits per heavy atom. The van der Waals surface area contributed by atoms with Gasteiger partial charge in [0, 0.05) is 37.3 Å². The van der Waals surface area contributed by atoms with Gasteiger partial charge >= 0.3 is 0 Å². The van der Waals surface area contributed by atoms with Crippen molar-refractivity contribution in [3.8, 4) is 0 Å². The predicted octanol–water partition coefficient (Wildman–Crippen LogP) is 2.70. The Labute approximate surface area is 131 Å².